The highest BCUT2D eigenvalue weighted by atomic mass is 35.5. The summed E-state index contributed by atoms with van der Waals surface area (Å²) in [6.45, 7) is 1.71. The number of halogens is 3. The van der Waals surface area contributed by atoms with Gasteiger partial charge in [0.15, 0.2) is 17.4 Å². The first-order valence-electron chi connectivity index (χ1n) is 11.6. The van der Waals surface area contributed by atoms with Crippen LogP contribution in [0.1, 0.15) is 48.8 Å². The Bertz CT molecular complexity index is 1360. The molecule has 1 heterocycles. The topological polar surface area (TPSA) is 113 Å². The van der Waals surface area contributed by atoms with Crippen molar-refractivity contribution in [3.05, 3.63) is 68.7 Å². The van der Waals surface area contributed by atoms with E-state index in [9.17, 15) is 23.2 Å². The molecule has 0 bridgehead atoms. The van der Waals surface area contributed by atoms with Crippen LogP contribution in [0.5, 0.6) is 5.75 Å². The summed E-state index contributed by atoms with van der Waals surface area (Å²) in [5.74, 6) is -2.16. The van der Waals surface area contributed by atoms with Crippen molar-refractivity contribution in [1.29, 1.82) is 0 Å². The maximum Gasteiger partial charge on any atom is 0.287 e. The van der Waals surface area contributed by atoms with Gasteiger partial charge in [0, 0.05) is 19.5 Å². The average Bonchev–Trinajstić information content (AvgIpc) is 3.27. The van der Waals surface area contributed by atoms with Crippen molar-refractivity contribution >= 4 is 34.3 Å². The number of carbonyl (C=O) groups excluding carboxylic acids is 2. The minimum atomic E-state index is -0.712. The van der Waals surface area contributed by atoms with Gasteiger partial charge in [0.25, 0.3) is 11.5 Å². The molecule has 1 saturated carbocycles. The lowest BCUT2D eigenvalue weighted by Gasteiger charge is -2.14. The molecule has 1 aliphatic carbocycles. The molecule has 0 radical (unpaired) electrons. The van der Waals surface area contributed by atoms with E-state index in [2.05, 4.69) is 20.6 Å². The number of hydrogen-bond acceptors (Lipinski definition) is 5. The van der Waals surface area contributed by atoms with E-state index in [0.29, 0.717) is 17.9 Å². The van der Waals surface area contributed by atoms with Gasteiger partial charge in [0.05, 0.1) is 17.1 Å². The first kappa shape index (κ1) is 25.6. The number of rotatable bonds is 8. The Labute approximate surface area is 210 Å². The van der Waals surface area contributed by atoms with Crippen molar-refractivity contribution in [3.63, 3.8) is 0 Å². The SMILES string of the molecule is CC(=O)NC1CCC(CCOc2c(F)ccc3nc(C(=O)NCc4ccc(F)c(Cl)c4)[nH]c(=O)c23)C1. The molecule has 1 fully saturated rings. The molecule has 3 aromatic rings. The molecule has 2 aromatic carbocycles. The Kier molecular flexibility index (Phi) is 7.83. The zero-order valence-corrected chi connectivity index (χ0v) is 20.3. The molecule has 8 nitrogen and oxygen atoms in total. The normalized spacial score (nSPS) is 17.2. The van der Waals surface area contributed by atoms with Gasteiger partial charge in [-0.25, -0.2) is 13.8 Å². The van der Waals surface area contributed by atoms with E-state index >= 15 is 0 Å². The number of nitrogens with one attached hydrogen (secondary N) is 3. The molecule has 4 rings (SSSR count). The van der Waals surface area contributed by atoms with Crippen molar-refractivity contribution in [3.8, 4) is 5.75 Å². The number of fused-ring (bicyclic) bond motifs is 1. The summed E-state index contributed by atoms with van der Waals surface area (Å²) in [5.41, 5.74) is -0.0471. The molecule has 11 heteroatoms. The van der Waals surface area contributed by atoms with Crippen LogP contribution < -0.4 is 20.9 Å². The van der Waals surface area contributed by atoms with Crippen LogP contribution in [0.15, 0.2) is 35.1 Å². The molecule has 2 atom stereocenters. The van der Waals surface area contributed by atoms with Crippen LogP contribution in [0.3, 0.4) is 0 Å². The maximum atomic E-state index is 14.6. The predicted molar refractivity (Wildman–Crippen MR) is 130 cm³/mol. The van der Waals surface area contributed by atoms with Gasteiger partial charge < -0.3 is 20.4 Å². The molecule has 0 saturated heterocycles. The maximum absolute atomic E-state index is 14.6. The Morgan fingerprint density at radius 2 is 1.97 bits per heavy atom. The molecular weight excluding hydrogens is 494 g/mol. The second-order valence-electron chi connectivity index (χ2n) is 8.83. The van der Waals surface area contributed by atoms with Gasteiger partial charge in [-0.15, -0.1) is 0 Å². The molecule has 2 unspecified atom stereocenters. The lowest BCUT2D eigenvalue weighted by Crippen LogP contribution is -2.30. The summed E-state index contributed by atoms with van der Waals surface area (Å²) in [6.07, 6.45) is 3.28. The number of aromatic amines is 1. The van der Waals surface area contributed by atoms with E-state index in [4.69, 9.17) is 16.3 Å². The number of ether oxygens (including phenoxy) is 1. The van der Waals surface area contributed by atoms with Gasteiger partial charge in [0.2, 0.25) is 5.91 Å². The minimum Gasteiger partial charge on any atom is -0.490 e. The monoisotopic (exact) mass is 518 g/mol. The van der Waals surface area contributed by atoms with Crippen molar-refractivity contribution in [1.82, 2.24) is 20.6 Å². The second kappa shape index (κ2) is 11.0. The third kappa shape index (κ3) is 5.99. The summed E-state index contributed by atoms with van der Waals surface area (Å²) < 4.78 is 33.5. The second-order valence-corrected chi connectivity index (χ2v) is 9.24. The highest BCUT2D eigenvalue weighted by molar-refractivity contribution is 6.30. The quantitative estimate of drug-likeness (QED) is 0.419. The summed E-state index contributed by atoms with van der Waals surface area (Å²) in [4.78, 5) is 43.1. The summed E-state index contributed by atoms with van der Waals surface area (Å²) in [5, 5.41) is 5.33. The molecule has 3 N–H and O–H groups in total. The number of amides is 2. The first-order chi connectivity index (χ1) is 17.2. The van der Waals surface area contributed by atoms with Crippen LogP contribution in [0.25, 0.3) is 10.9 Å². The van der Waals surface area contributed by atoms with Gasteiger partial charge >= 0.3 is 0 Å². The summed E-state index contributed by atoms with van der Waals surface area (Å²) >= 11 is 5.75. The molecule has 0 spiro atoms. The van der Waals surface area contributed by atoms with E-state index in [-0.39, 0.29) is 52.6 Å². The molecule has 36 heavy (non-hydrogen) atoms. The number of carbonyl (C=O) groups is 2. The molecule has 1 aliphatic rings. The molecule has 1 aromatic heterocycles. The van der Waals surface area contributed by atoms with Gasteiger partial charge in [-0.3, -0.25) is 14.4 Å². The smallest absolute Gasteiger partial charge is 0.287 e. The lowest BCUT2D eigenvalue weighted by atomic mass is 10.0. The van der Waals surface area contributed by atoms with Crippen molar-refractivity contribution in [2.75, 3.05) is 6.61 Å². The number of nitrogens with zero attached hydrogens (tertiary/aromatic N) is 1. The van der Waals surface area contributed by atoms with Gasteiger partial charge in [-0.2, -0.15) is 0 Å². The van der Waals surface area contributed by atoms with Crippen LogP contribution in [0, 0.1) is 17.6 Å². The number of hydrogen-bond donors (Lipinski definition) is 3. The van der Waals surface area contributed by atoms with E-state index in [1.54, 1.807) is 0 Å². The van der Waals surface area contributed by atoms with Crippen LogP contribution >= 0.6 is 11.6 Å². The van der Waals surface area contributed by atoms with Gasteiger partial charge in [0.1, 0.15) is 11.2 Å². The fourth-order valence-corrected chi connectivity index (χ4v) is 4.63. The molecule has 2 amide bonds. The average molecular weight is 519 g/mol. The van der Waals surface area contributed by atoms with Crippen LogP contribution in [0.4, 0.5) is 8.78 Å². The number of H-pyrrole nitrogens is 1. The molecule has 190 valence electrons. The van der Waals surface area contributed by atoms with Gasteiger partial charge in [-0.05, 0) is 61.4 Å². The number of benzene rings is 2. The van der Waals surface area contributed by atoms with Crippen LogP contribution in [-0.2, 0) is 11.3 Å². The Balaban J connectivity index is 1.43. The Morgan fingerprint density at radius 3 is 2.72 bits per heavy atom. The third-order valence-electron chi connectivity index (χ3n) is 6.15. The fourth-order valence-electron chi connectivity index (χ4n) is 4.43. The molecule has 0 aliphatic heterocycles. The fraction of sp³-hybridized carbons (Fsp3) is 0.360. The largest absolute Gasteiger partial charge is 0.490 e. The molecular formula is C25H25ClF2N4O4. The third-order valence-corrected chi connectivity index (χ3v) is 6.44. The van der Waals surface area contributed by atoms with Crippen molar-refractivity contribution in [2.45, 2.75) is 45.2 Å². The van der Waals surface area contributed by atoms with E-state index in [1.807, 2.05) is 0 Å². The minimum absolute atomic E-state index is 0.0301. The number of aromatic nitrogens is 2. The predicted octanol–water partition coefficient (Wildman–Crippen LogP) is 3.86. The van der Waals surface area contributed by atoms with E-state index in [0.717, 1.165) is 25.3 Å². The van der Waals surface area contributed by atoms with Crippen LogP contribution in [-0.4, -0.2) is 34.4 Å². The lowest BCUT2D eigenvalue weighted by molar-refractivity contribution is -0.119. The van der Waals surface area contributed by atoms with Crippen LogP contribution in [0.2, 0.25) is 5.02 Å². The first-order valence-corrected chi connectivity index (χ1v) is 11.9. The van der Waals surface area contributed by atoms with E-state index < -0.39 is 23.1 Å². The zero-order valence-electron chi connectivity index (χ0n) is 19.5. The Morgan fingerprint density at radius 1 is 1.19 bits per heavy atom. The van der Waals surface area contributed by atoms with Crippen molar-refractivity contribution < 1.29 is 23.1 Å². The summed E-state index contributed by atoms with van der Waals surface area (Å²) in [6, 6.07) is 6.61. The summed E-state index contributed by atoms with van der Waals surface area (Å²) in [7, 11) is 0. The van der Waals surface area contributed by atoms with E-state index in [1.165, 1.54) is 31.2 Å². The van der Waals surface area contributed by atoms with Gasteiger partial charge in [-0.1, -0.05) is 17.7 Å². The highest BCUT2D eigenvalue weighted by Gasteiger charge is 2.25. The highest BCUT2D eigenvalue weighted by Crippen LogP contribution is 2.30. The standard InChI is InChI=1S/C25H25ClF2N4O4/c1-13(33)30-16-4-2-14(10-16)8-9-36-22-19(28)6-7-20-21(22)24(34)32-23(31-20)25(35)29-12-15-3-5-18(27)17(26)11-15/h3,5-7,11,14,16H,2,4,8-10,12H2,1H3,(H,29,35)(H,30,33)(H,31,32,34). The van der Waals surface area contributed by atoms with Crippen molar-refractivity contribution in [2.24, 2.45) is 5.92 Å². The Hall–Kier alpha value is -3.53. The zero-order chi connectivity index (χ0) is 25.8.